The molecule has 31 heavy (non-hydrogen) atoms. The molecule has 2 aromatic carbocycles. The Morgan fingerprint density at radius 2 is 1.61 bits per heavy atom. The molecule has 164 valence electrons. The number of carbonyl (C=O) groups excluding carboxylic acids is 2. The van der Waals surface area contributed by atoms with Crippen molar-refractivity contribution in [1.82, 2.24) is 9.13 Å². The van der Waals surface area contributed by atoms with Crippen molar-refractivity contribution in [3.05, 3.63) is 59.0 Å². The van der Waals surface area contributed by atoms with Crippen LogP contribution in [-0.4, -0.2) is 27.7 Å². The molecular weight excluding hydrogens is 396 g/mol. The Bertz CT molecular complexity index is 1130. The molecule has 3 aromatic rings. The van der Waals surface area contributed by atoms with Crippen molar-refractivity contribution in [2.75, 3.05) is 17.2 Å². The van der Waals surface area contributed by atoms with E-state index >= 15 is 0 Å². The first-order valence-electron chi connectivity index (χ1n) is 10.4. The summed E-state index contributed by atoms with van der Waals surface area (Å²) in [6.07, 6.45) is -0.394. The number of aryl methyl sites for hydroxylation is 2. The van der Waals surface area contributed by atoms with Crippen LogP contribution in [0.5, 0.6) is 0 Å². The lowest BCUT2D eigenvalue weighted by molar-refractivity contribution is -0.116. The van der Waals surface area contributed by atoms with Crippen LogP contribution in [0.2, 0.25) is 0 Å². The maximum atomic E-state index is 12.7. The number of hydrogen-bond acceptors (Lipinski definition) is 4. The average Bonchev–Trinajstić information content (AvgIpc) is 3.01. The zero-order chi connectivity index (χ0) is 22.4. The number of para-hydroxylation sites is 2. The summed E-state index contributed by atoms with van der Waals surface area (Å²) in [4.78, 5) is 37.0. The van der Waals surface area contributed by atoms with Crippen LogP contribution in [0.1, 0.15) is 27.2 Å². The largest absolute Gasteiger partial charge is 0.449 e. The maximum absolute atomic E-state index is 12.7. The highest BCUT2D eigenvalue weighted by atomic mass is 16.5. The fourth-order valence-corrected chi connectivity index (χ4v) is 3.30. The topological polar surface area (TPSA) is 94.4 Å². The molecule has 0 aliphatic rings. The molecule has 8 heteroatoms. The van der Waals surface area contributed by atoms with Crippen molar-refractivity contribution >= 4 is 34.4 Å². The summed E-state index contributed by atoms with van der Waals surface area (Å²) in [5, 5.41) is 5.46. The number of fused-ring (bicyclic) bond motifs is 1. The Labute approximate surface area is 180 Å². The van der Waals surface area contributed by atoms with Crippen molar-refractivity contribution in [2.45, 2.75) is 40.3 Å². The second-order valence-corrected chi connectivity index (χ2v) is 7.66. The molecule has 8 nitrogen and oxygen atoms in total. The monoisotopic (exact) mass is 424 g/mol. The Morgan fingerprint density at radius 1 is 0.968 bits per heavy atom. The zero-order valence-electron chi connectivity index (χ0n) is 18.1. The van der Waals surface area contributed by atoms with E-state index in [4.69, 9.17) is 4.74 Å². The SMILES string of the molecule is CCn1c(=O)n(CCC(=O)Nc2cccc(NC(=O)OCC(C)C)c2)c2ccccc21. The molecule has 3 rings (SSSR count). The molecule has 0 aliphatic heterocycles. The molecule has 2 amide bonds. The second kappa shape index (κ2) is 9.97. The van der Waals surface area contributed by atoms with Gasteiger partial charge in [0.2, 0.25) is 5.91 Å². The number of benzene rings is 2. The third-order valence-corrected chi connectivity index (χ3v) is 4.74. The number of nitrogens with zero attached hydrogens (tertiary/aromatic N) is 2. The summed E-state index contributed by atoms with van der Waals surface area (Å²) in [5.74, 6) is 0.0231. The van der Waals surface area contributed by atoms with Crippen LogP contribution in [0, 0.1) is 5.92 Å². The summed E-state index contributed by atoms with van der Waals surface area (Å²) in [7, 11) is 0. The van der Waals surface area contributed by atoms with E-state index in [1.807, 2.05) is 45.0 Å². The van der Waals surface area contributed by atoms with Gasteiger partial charge in [0, 0.05) is 30.9 Å². The number of amides is 2. The summed E-state index contributed by atoms with van der Waals surface area (Å²) in [5.41, 5.74) is 2.62. The molecule has 0 aliphatic carbocycles. The molecular formula is C23H28N4O4. The van der Waals surface area contributed by atoms with Crippen LogP contribution in [0.15, 0.2) is 53.3 Å². The summed E-state index contributed by atoms with van der Waals surface area (Å²) in [6.45, 7) is 7.01. The first kappa shape index (κ1) is 22.1. The first-order chi connectivity index (χ1) is 14.9. The molecule has 0 spiro atoms. The molecule has 0 unspecified atom stereocenters. The van der Waals surface area contributed by atoms with E-state index in [1.165, 1.54) is 0 Å². The van der Waals surface area contributed by atoms with Gasteiger partial charge in [-0.2, -0.15) is 0 Å². The van der Waals surface area contributed by atoms with E-state index in [1.54, 1.807) is 33.4 Å². The highest BCUT2D eigenvalue weighted by Gasteiger charge is 2.13. The Kier molecular flexibility index (Phi) is 7.12. The minimum Gasteiger partial charge on any atom is -0.449 e. The molecule has 1 heterocycles. The number of hydrogen-bond donors (Lipinski definition) is 2. The van der Waals surface area contributed by atoms with Crippen LogP contribution in [0.25, 0.3) is 11.0 Å². The van der Waals surface area contributed by atoms with Crippen molar-refractivity contribution < 1.29 is 14.3 Å². The average molecular weight is 425 g/mol. The lowest BCUT2D eigenvalue weighted by Crippen LogP contribution is -2.25. The van der Waals surface area contributed by atoms with Gasteiger partial charge in [-0.3, -0.25) is 19.2 Å². The molecule has 0 saturated heterocycles. The van der Waals surface area contributed by atoms with Crippen LogP contribution >= 0.6 is 0 Å². The number of carbonyl (C=O) groups is 2. The number of anilines is 2. The third kappa shape index (κ3) is 5.53. The van der Waals surface area contributed by atoms with E-state index in [0.717, 1.165) is 11.0 Å². The minimum atomic E-state index is -0.538. The Hall–Kier alpha value is -3.55. The highest BCUT2D eigenvalue weighted by molar-refractivity contribution is 5.92. The molecule has 2 N–H and O–H groups in total. The van der Waals surface area contributed by atoms with E-state index in [9.17, 15) is 14.4 Å². The fourth-order valence-electron chi connectivity index (χ4n) is 3.30. The van der Waals surface area contributed by atoms with Crippen molar-refractivity contribution in [1.29, 1.82) is 0 Å². The molecule has 0 bridgehead atoms. The normalized spacial score (nSPS) is 11.0. The number of imidazole rings is 1. The molecule has 0 saturated carbocycles. The van der Waals surface area contributed by atoms with Crippen molar-refractivity contribution in [3.63, 3.8) is 0 Å². The fraction of sp³-hybridized carbons (Fsp3) is 0.348. The number of nitrogens with one attached hydrogen (secondary N) is 2. The van der Waals surface area contributed by atoms with Gasteiger partial charge >= 0.3 is 11.8 Å². The van der Waals surface area contributed by atoms with Gasteiger partial charge in [-0.05, 0) is 43.2 Å². The minimum absolute atomic E-state index is 0.123. The van der Waals surface area contributed by atoms with Crippen LogP contribution in [0.3, 0.4) is 0 Å². The van der Waals surface area contributed by atoms with E-state index in [-0.39, 0.29) is 30.5 Å². The number of rotatable bonds is 8. The van der Waals surface area contributed by atoms with Gasteiger partial charge in [0.05, 0.1) is 17.6 Å². The van der Waals surface area contributed by atoms with Crippen LogP contribution < -0.4 is 16.3 Å². The van der Waals surface area contributed by atoms with E-state index in [0.29, 0.717) is 24.5 Å². The Morgan fingerprint density at radius 3 is 2.26 bits per heavy atom. The second-order valence-electron chi connectivity index (χ2n) is 7.66. The predicted molar refractivity (Wildman–Crippen MR) is 121 cm³/mol. The highest BCUT2D eigenvalue weighted by Crippen LogP contribution is 2.17. The smallest absolute Gasteiger partial charge is 0.411 e. The van der Waals surface area contributed by atoms with Gasteiger partial charge in [-0.25, -0.2) is 9.59 Å². The lowest BCUT2D eigenvalue weighted by Gasteiger charge is -2.10. The summed E-state index contributed by atoms with van der Waals surface area (Å²) >= 11 is 0. The first-order valence-corrected chi connectivity index (χ1v) is 10.4. The summed E-state index contributed by atoms with van der Waals surface area (Å²) < 4.78 is 8.42. The van der Waals surface area contributed by atoms with Gasteiger partial charge in [0.25, 0.3) is 0 Å². The van der Waals surface area contributed by atoms with Crippen molar-refractivity contribution in [3.8, 4) is 0 Å². The van der Waals surface area contributed by atoms with Crippen LogP contribution in [0.4, 0.5) is 16.2 Å². The third-order valence-electron chi connectivity index (χ3n) is 4.74. The zero-order valence-corrected chi connectivity index (χ0v) is 18.1. The van der Waals surface area contributed by atoms with Gasteiger partial charge in [0.15, 0.2) is 0 Å². The van der Waals surface area contributed by atoms with Gasteiger partial charge in [-0.1, -0.05) is 32.0 Å². The van der Waals surface area contributed by atoms with Crippen LogP contribution in [-0.2, 0) is 22.6 Å². The van der Waals surface area contributed by atoms with E-state index in [2.05, 4.69) is 10.6 Å². The quantitative estimate of drug-likeness (QED) is 0.570. The molecule has 0 radical (unpaired) electrons. The standard InChI is InChI=1S/C23H28N4O4/c1-4-26-19-10-5-6-11-20(19)27(23(26)30)13-12-21(28)24-17-8-7-9-18(14-17)25-22(29)31-15-16(2)3/h5-11,14,16H,4,12-13,15H2,1-3H3,(H,24,28)(H,25,29). The molecule has 0 fully saturated rings. The Balaban J connectivity index is 1.62. The van der Waals surface area contributed by atoms with E-state index < -0.39 is 6.09 Å². The van der Waals surface area contributed by atoms with Gasteiger partial charge in [0.1, 0.15) is 0 Å². The molecule has 1 aromatic heterocycles. The maximum Gasteiger partial charge on any atom is 0.411 e. The van der Waals surface area contributed by atoms with Gasteiger partial charge < -0.3 is 10.1 Å². The summed E-state index contributed by atoms with van der Waals surface area (Å²) in [6, 6.07) is 14.4. The number of aromatic nitrogens is 2. The van der Waals surface area contributed by atoms with Crippen molar-refractivity contribution in [2.24, 2.45) is 5.92 Å². The van der Waals surface area contributed by atoms with Gasteiger partial charge in [-0.15, -0.1) is 0 Å². The molecule has 0 atom stereocenters. The lowest BCUT2D eigenvalue weighted by atomic mass is 10.2. The number of ether oxygens (including phenoxy) is 1. The predicted octanol–water partition coefficient (Wildman–Crippen LogP) is 4.06.